The number of rotatable bonds is 6. The summed E-state index contributed by atoms with van der Waals surface area (Å²) in [7, 11) is 0. The van der Waals surface area contributed by atoms with Gasteiger partial charge in [0.05, 0.1) is 6.61 Å². The van der Waals surface area contributed by atoms with Gasteiger partial charge in [-0.25, -0.2) is 9.67 Å². The first kappa shape index (κ1) is 15.9. The molecule has 0 aliphatic heterocycles. The highest BCUT2D eigenvalue weighted by atomic mass is 16.3. The predicted molar refractivity (Wildman–Crippen MR) is 89.6 cm³/mol. The Kier molecular flexibility index (Phi) is 4.98. The van der Waals surface area contributed by atoms with Crippen LogP contribution in [0.5, 0.6) is 0 Å². The third-order valence-corrected chi connectivity index (χ3v) is 3.57. The summed E-state index contributed by atoms with van der Waals surface area (Å²) < 4.78 is 1.60. The number of pyridine rings is 1. The molecule has 1 aromatic carbocycles. The van der Waals surface area contributed by atoms with E-state index in [0.717, 1.165) is 5.56 Å². The zero-order valence-electron chi connectivity index (χ0n) is 13.1. The van der Waals surface area contributed by atoms with Gasteiger partial charge in [-0.15, -0.1) is 0 Å². The number of carbonyl (C=O) groups is 1. The van der Waals surface area contributed by atoms with E-state index in [1.165, 1.54) is 0 Å². The molecular formula is C18H18N4O2. The SMILES string of the molecule is O=C(c1cccc(-n2cccn2)n1)N(CCO)Cc1ccccc1. The van der Waals surface area contributed by atoms with Crippen LogP contribution in [0.3, 0.4) is 0 Å². The van der Waals surface area contributed by atoms with Crippen LogP contribution in [0.1, 0.15) is 16.1 Å². The number of nitrogens with zero attached hydrogens (tertiary/aromatic N) is 4. The monoisotopic (exact) mass is 322 g/mol. The largest absolute Gasteiger partial charge is 0.395 e. The van der Waals surface area contributed by atoms with Crippen molar-refractivity contribution in [2.45, 2.75) is 6.54 Å². The van der Waals surface area contributed by atoms with E-state index >= 15 is 0 Å². The molecule has 6 nitrogen and oxygen atoms in total. The molecule has 0 saturated carbocycles. The first-order chi connectivity index (χ1) is 11.8. The number of benzene rings is 1. The van der Waals surface area contributed by atoms with Crippen LogP contribution in [-0.4, -0.2) is 43.8 Å². The summed E-state index contributed by atoms with van der Waals surface area (Å²) in [4.78, 5) is 18.8. The zero-order chi connectivity index (χ0) is 16.8. The number of carbonyl (C=O) groups excluding carboxylic acids is 1. The normalized spacial score (nSPS) is 10.5. The fraction of sp³-hybridized carbons (Fsp3) is 0.167. The van der Waals surface area contributed by atoms with Crippen LogP contribution < -0.4 is 0 Å². The van der Waals surface area contributed by atoms with E-state index < -0.39 is 0 Å². The molecule has 0 aliphatic rings. The van der Waals surface area contributed by atoms with Crippen molar-refractivity contribution in [2.24, 2.45) is 0 Å². The Labute approximate surface area is 140 Å². The molecule has 3 aromatic rings. The Balaban J connectivity index is 1.83. The molecule has 0 spiro atoms. The number of hydrogen-bond donors (Lipinski definition) is 1. The fourth-order valence-electron chi connectivity index (χ4n) is 2.41. The lowest BCUT2D eigenvalue weighted by Crippen LogP contribution is -2.33. The maximum absolute atomic E-state index is 12.8. The molecule has 3 rings (SSSR count). The second kappa shape index (κ2) is 7.52. The molecule has 6 heteroatoms. The Morgan fingerprint density at radius 2 is 1.92 bits per heavy atom. The minimum atomic E-state index is -0.220. The first-order valence-corrected chi connectivity index (χ1v) is 7.69. The van der Waals surface area contributed by atoms with E-state index in [2.05, 4.69) is 10.1 Å². The molecule has 1 N–H and O–H groups in total. The molecule has 24 heavy (non-hydrogen) atoms. The van der Waals surface area contributed by atoms with Crippen LogP contribution in [0.15, 0.2) is 67.0 Å². The lowest BCUT2D eigenvalue weighted by molar-refractivity contribution is 0.0702. The van der Waals surface area contributed by atoms with Crippen molar-refractivity contribution >= 4 is 5.91 Å². The van der Waals surface area contributed by atoms with Gasteiger partial charge in [0.15, 0.2) is 5.82 Å². The number of aliphatic hydroxyl groups excluding tert-OH is 1. The van der Waals surface area contributed by atoms with Crippen molar-refractivity contribution in [3.05, 3.63) is 78.2 Å². The predicted octanol–water partition coefficient (Wildman–Crippen LogP) is 1.90. The Morgan fingerprint density at radius 1 is 1.08 bits per heavy atom. The van der Waals surface area contributed by atoms with E-state index in [1.807, 2.05) is 30.3 Å². The fourth-order valence-corrected chi connectivity index (χ4v) is 2.41. The van der Waals surface area contributed by atoms with Crippen LogP contribution in [0.2, 0.25) is 0 Å². The van der Waals surface area contributed by atoms with Crippen molar-refractivity contribution < 1.29 is 9.90 Å². The molecule has 0 bridgehead atoms. The first-order valence-electron chi connectivity index (χ1n) is 7.69. The highest BCUT2D eigenvalue weighted by Gasteiger charge is 2.17. The third kappa shape index (κ3) is 3.67. The molecule has 122 valence electrons. The number of amides is 1. The molecule has 0 unspecified atom stereocenters. The van der Waals surface area contributed by atoms with Gasteiger partial charge in [-0.05, 0) is 23.8 Å². The van der Waals surface area contributed by atoms with Gasteiger partial charge in [0, 0.05) is 25.5 Å². The average Bonchev–Trinajstić information content (AvgIpc) is 3.16. The van der Waals surface area contributed by atoms with E-state index in [-0.39, 0.29) is 19.1 Å². The van der Waals surface area contributed by atoms with E-state index in [9.17, 15) is 9.90 Å². The summed E-state index contributed by atoms with van der Waals surface area (Å²) in [6, 6.07) is 16.7. The van der Waals surface area contributed by atoms with Gasteiger partial charge in [0.2, 0.25) is 0 Å². The topological polar surface area (TPSA) is 71.2 Å². The smallest absolute Gasteiger partial charge is 0.272 e. The molecule has 0 fully saturated rings. The van der Waals surface area contributed by atoms with Crippen LogP contribution in [-0.2, 0) is 6.54 Å². The van der Waals surface area contributed by atoms with Gasteiger partial charge in [0.25, 0.3) is 5.91 Å². The van der Waals surface area contributed by atoms with Gasteiger partial charge < -0.3 is 10.0 Å². The minimum Gasteiger partial charge on any atom is -0.395 e. The highest BCUT2D eigenvalue weighted by molar-refractivity contribution is 5.92. The Bertz CT molecular complexity index is 788. The van der Waals surface area contributed by atoms with Gasteiger partial charge in [-0.1, -0.05) is 36.4 Å². The molecule has 0 saturated heterocycles. The molecule has 0 aliphatic carbocycles. The van der Waals surface area contributed by atoms with E-state index in [4.69, 9.17) is 0 Å². The van der Waals surface area contributed by atoms with Gasteiger partial charge >= 0.3 is 0 Å². The zero-order valence-corrected chi connectivity index (χ0v) is 13.1. The lowest BCUT2D eigenvalue weighted by atomic mass is 10.2. The quantitative estimate of drug-likeness (QED) is 0.752. The van der Waals surface area contributed by atoms with Crippen molar-refractivity contribution in [1.29, 1.82) is 0 Å². The Morgan fingerprint density at radius 3 is 2.62 bits per heavy atom. The standard InChI is InChI=1S/C18H18N4O2/c23-13-12-21(14-15-6-2-1-3-7-15)18(24)16-8-4-9-17(20-16)22-11-5-10-19-22/h1-11,23H,12-14H2. The van der Waals surface area contributed by atoms with Crippen molar-refractivity contribution in [1.82, 2.24) is 19.7 Å². The van der Waals surface area contributed by atoms with Gasteiger partial charge in [0.1, 0.15) is 5.69 Å². The summed E-state index contributed by atoms with van der Waals surface area (Å²) in [5, 5.41) is 13.4. The Hall–Kier alpha value is -2.99. The second-order valence-electron chi connectivity index (χ2n) is 5.27. The lowest BCUT2D eigenvalue weighted by Gasteiger charge is -2.21. The number of aliphatic hydroxyl groups is 1. The maximum Gasteiger partial charge on any atom is 0.272 e. The number of hydrogen-bond acceptors (Lipinski definition) is 4. The van der Waals surface area contributed by atoms with Crippen LogP contribution in [0, 0.1) is 0 Å². The summed E-state index contributed by atoms with van der Waals surface area (Å²) >= 11 is 0. The van der Waals surface area contributed by atoms with Gasteiger partial charge in [-0.2, -0.15) is 5.10 Å². The summed E-state index contributed by atoms with van der Waals surface area (Å²) in [6.07, 6.45) is 3.43. The maximum atomic E-state index is 12.8. The van der Waals surface area contributed by atoms with Crippen LogP contribution in [0.4, 0.5) is 0 Å². The molecule has 0 atom stereocenters. The average molecular weight is 322 g/mol. The van der Waals surface area contributed by atoms with Crippen molar-refractivity contribution in [3.8, 4) is 5.82 Å². The summed E-state index contributed by atoms with van der Waals surface area (Å²) in [5.41, 5.74) is 1.33. The summed E-state index contributed by atoms with van der Waals surface area (Å²) in [6.45, 7) is 0.576. The van der Waals surface area contributed by atoms with Crippen LogP contribution in [0.25, 0.3) is 5.82 Å². The molecule has 2 aromatic heterocycles. The minimum absolute atomic E-state index is 0.0998. The van der Waals surface area contributed by atoms with E-state index in [0.29, 0.717) is 18.1 Å². The van der Waals surface area contributed by atoms with Gasteiger partial charge in [-0.3, -0.25) is 4.79 Å². The van der Waals surface area contributed by atoms with E-state index in [1.54, 1.807) is 46.2 Å². The van der Waals surface area contributed by atoms with Crippen LogP contribution >= 0.6 is 0 Å². The molecule has 1 amide bonds. The molecular weight excluding hydrogens is 304 g/mol. The second-order valence-corrected chi connectivity index (χ2v) is 5.27. The third-order valence-electron chi connectivity index (χ3n) is 3.57. The van der Waals surface area contributed by atoms with Crippen molar-refractivity contribution in [3.63, 3.8) is 0 Å². The van der Waals surface area contributed by atoms with Crippen molar-refractivity contribution in [2.75, 3.05) is 13.2 Å². The molecule has 0 radical (unpaired) electrons. The highest BCUT2D eigenvalue weighted by Crippen LogP contribution is 2.11. The summed E-state index contributed by atoms with van der Waals surface area (Å²) in [5.74, 6) is 0.358. The molecule has 2 heterocycles. The number of aromatic nitrogens is 3.